The van der Waals surface area contributed by atoms with Crippen LogP contribution in [0.25, 0.3) is 0 Å². The van der Waals surface area contributed by atoms with Crippen molar-refractivity contribution < 1.29 is 4.79 Å². The molecule has 4 nitrogen and oxygen atoms in total. The molecule has 0 saturated carbocycles. The van der Waals surface area contributed by atoms with Crippen LogP contribution < -0.4 is 11.1 Å². The minimum atomic E-state index is -0.104. The summed E-state index contributed by atoms with van der Waals surface area (Å²) in [5, 5.41) is 3.59. The highest BCUT2D eigenvalue weighted by Crippen LogP contribution is 2.32. The van der Waals surface area contributed by atoms with Gasteiger partial charge in [0.1, 0.15) is 0 Å². The van der Waals surface area contributed by atoms with Crippen LogP contribution >= 0.6 is 23.2 Å². The molecule has 0 bridgehead atoms. The number of carbonyl (C=O) groups excluding carboxylic acids is 1. The Morgan fingerprint density at radius 1 is 1.38 bits per heavy atom. The molecule has 0 spiro atoms. The largest absolute Gasteiger partial charge is 0.397 e. The van der Waals surface area contributed by atoms with Gasteiger partial charge >= 0.3 is 0 Å². The third-order valence-corrected chi connectivity index (χ3v) is 4.65. The van der Waals surface area contributed by atoms with Gasteiger partial charge in [0.05, 0.1) is 22.9 Å². The second-order valence-corrected chi connectivity index (χ2v) is 6.72. The number of nitrogens with one attached hydrogen (secondary N) is 1. The Hall–Kier alpha value is -0.970. The Balaban J connectivity index is 1.96. The summed E-state index contributed by atoms with van der Waals surface area (Å²) in [6.07, 6.45) is 1.12. The first kappa shape index (κ1) is 16.4. The number of piperidine rings is 1. The second-order valence-electron chi connectivity index (χ2n) is 5.88. The average molecular weight is 330 g/mol. The van der Waals surface area contributed by atoms with Crippen molar-refractivity contribution in [1.82, 2.24) is 4.90 Å². The molecule has 1 aliphatic rings. The predicted octanol–water partition coefficient (Wildman–Crippen LogP) is 3.49. The van der Waals surface area contributed by atoms with E-state index in [1.807, 2.05) is 0 Å². The Bertz CT molecular complexity index is 513. The zero-order valence-corrected chi connectivity index (χ0v) is 13.8. The van der Waals surface area contributed by atoms with Crippen LogP contribution in [0, 0.1) is 11.8 Å². The highest BCUT2D eigenvalue weighted by molar-refractivity contribution is 6.37. The summed E-state index contributed by atoms with van der Waals surface area (Å²) < 4.78 is 0. The maximum Gasteiger partial charge on any atom is 0.238 e. The smallest absolute Gasteiger partial charge is 0.238 e. The number of nitrogens with zero attached hydrogens (tertiary/aromatic N) is 1. The fraction of sp³-hybridized carbons (Fsp3) is 0.533. The lowest BCUT2D eigenvalue weighted by Gasteiger charge is -2.34. The van der Waals surface area contributed by atoms with Crippen molar-refractivity contribution in [2.75, 3.05) is 30.7 Å². The summed E-state index contributed by atoms with van der Waals surface area (Å²) in [7, 11) is 0. The first-order chi connectivity index (χ1) is 9.86. The molecule has 1 aliphatic heterocycles. The molecule has 2 unspecified atom stereocenters. The number of rotatable bonds is 3. The van der Waals surface area contributed by atoms with E-state index in [0.717, 1.165) is 19.5 Å². The highest BCUT2D eigenvalue weighted by atomic mass is 35.5. The third kappa shape index (κ3) is 4.25. The van der Waals surface area contributed by atoms with Crippen LogP contribution in [0.2, 0.25) is 10.0 Å². The zero-order valence-electron chi connectivity index (χ0n) is 12.3. The molecule has 2 rings (SSSR count). The number of nitrogens with two attached hydrogens (primary N) is 1. The fourth-order valence-corrected chi connectivity index (χ4v) is 3.16. The molecule has 21 heavy (non-hydrogen) atoms. The maximum absolute atomic E-state index is 12.2. The number of hydrogen-bond donors (Lipinski definition) is 2. The van der Waals surface area contributed by atoms with Gasteiger partial charge in [0.15, 0.2) is 0 Å². The van der Waals surface area contributed by atoms with Crippen LogP contribution in [0.15, 0.2) is 12.1 Å². The molecular formula is C15H21Cl2N3O. The van der Waals surface area contributed by atoms with Crippen LogP contribution in [0.3, 0.4) is 0 Å². The molecule has 3 N–H and O–H groups in total. The Labute approximate surface area is 135 Å². The van der Waals surface area contributed by atoms with E-state index in [0.29, 0.717) is 39.8 Å². The van der Waals surface area contributed by atoms with E-state index in [1.54, 1.807) is 12.1 Å². The van der Waals surface area contributed by atoms with Gasteiger partial charge in [0.2, 0.25) is 5.91 Å². The van der Waals surface area contributed by atoms with E-state index in [-0.39, 0.29) is 5.91 Å². The third-order valence-electron chi connectivity index (χ3n) is 4.14. The summed E-state index contributed by atoms with van der Waals surface area (Å²) in [6.45, 7) is 6.73. The number of benzene rings is 1. The van der Waals surface area contributed by atoms with E-state index in [9.17, 15) is 4.79 Å². The average Bonchev–Trinajstić information content (AvgIpc) is 2.38. The Morgan fingerprint density at radius 3 is 2.71 bits per heavy atom. The zero-order chi connectivity index (χ0) is 15.6. The van der Waals surface area contributed by atoms with Crippen molar-refractivity contribution in [1.29, 1.82) is 0 Å². The van der Waals surface area contributed by atoms with Gasteiger partial charge in [-0.2, -0.15) is 0 Å². The molecule has 6 heteroatoms. The van der Waals surface area contributed by atoms with Crippen LogP contribution in [0.1, 0.15) is 20.3 Å². The van der Waals surface area contributed by atoms with E-state index >= 15 is 0 Å². The number of halogens is 2. The Kier molecular flexibility index (Phi) is 5.36. The molecule has 1 aromatic rings. The van der Waals surface area contributed by atoms with Gasteiger partial charge in [-0.25, -0.2) is 0 Å². The minimum Gasteiger partial charge on any atom is -0.397 e. The molecule has 1 heterocycles. The first-order valence-corrected chi connectivity index (χ1v) is 7.89. The summed E-state index contributed by atoms with van der Waals surface area (Å²) in [5.41, 5.74) is 6.66. The molecule has 2 atom stereocenters. The van der Waals surface area contributed by atoms with E-state index in [2.05, 4.69) is 24.1 Å². The summed E-state index contributed by atoms with van der Waals surface area (Å²) in [4.78, 5) is 14.3. The maximum atomic E-state index is 12.2. The number of amides is 1. The summed E-state index contributed by atoms with van der Waals surface area (Å²) in [6, 6.07) is 3.15. The van der Waals surface area contributed by atoms with Crippen molar-refractivity contribution in [3.05, 3.63) is 22.2 Å². The molecular weight excluding hydrogens is 309 g/mol. The molecule has 0 aliphatic carbocycles. The van der Waals surface area contributed by atoms with Gasteiger partial charge < -0.3 is 11.1 Å². The fourth-order valence-electron chi connectivity index (χ4n) is 2.60. The molecule has 116 valence electrons. The summed E-state index contributed by atoms with van der Waals surface area (Å²) in [5.74, 6) is 1.22. The van der Waals surface area contributed by atoms with Gasteiger partial charge in [-0.05, 0) is 36.9 Å². The number of hydrogen-bond acceptors (Lipinski definition) is 3. The SMILES string of the molecule is CC1CCN(CC(=O)Nc2c(N)cc(Cl)cc2Cl)CC1C. The van der Waals surface area contributed by atoms with E-state index in [1.165, 1.54) is 0 Å². The van der Waals surface area contributed by atoms with Crippen molar-refractivity contribution in [3.8, 4) is 0 Å². The van der Waals surface area contributed by atoms with E-state index < -0.39 is 0 Å². The van der Waals surface area contributed by atoms with Crippen LogP contribution in [-0.4, -0.2) is 30.4 Å². The lowest BCUT2D eigenvalue weighted by Crippen LogP contribution is -2.42. The standard InChI is InChI=1S/C15H21Cl2N3O/c1-9-3-4-20(7-10(9)2)8-14(21)19-15-12(17)5-11(16)6-13(15)18/h5-6,9-10H,3-4,7-8,18H2,1-2H3,(H,19,21). The molecule has 1 fully saturated rings. The molecule has 1 saturated heterocycles. The van der Waals surface area contributed by atoms with Gasteiger partial charge in [-0.15, -0.1) is 0 Å². The monoisotopic (exact) mass is 329 g/mol. The Morgan fingerprint density at radius 2 is 2.10 bits per heavy atom. The lowest BCUT2D eigenvalue weighted by molar-refractivity contribution is -0.117. The van der Waals surface area contributed by atoms with Gasteiger partial charge in [0, 0.05) is 11.6 Å². The van der Waals surface area contributed by atoms with Crippen LogP contribution in [0.4, 0.5) is 11.4 Å². The molecule has 1 amide bonds. The van der Waals surface area contributed by atoms with Gasteiger partial charge in [0.25, 0.3) is 0 Å². The van der Waals surface area contributed by atoms with Gasteiger partial charge in [-0.1, -0.05) is 37.0 Å². The normalized spacial score (nSPS) is 23.0. The lowest BCUT2D eigenvalue weighted by atomic mass is 9.89. The van der Waals surface area contributed by atoms with Crippen LogP contribution in [0.5, 0.6) is 0 Å². The number of anilines is 2. The number of nitrogen functional groups attached to an aromatic ring is 1. The molecule has 0 radical (unpaired) electrons. The highest BCUT2D eigenvalue weighted by Gasteiger charge is 2.24. The van der Waals surface area contributed by atoms with Crippen molar-refractivity contribution in [2.24, 2.45) is 11.8 Å². The number of likely N-dealkylation sites (tertiary alicyclic amines) is 1. The quantitative estimate of drug-likeness (QED) is 0.834. The summed E-state index contributed by atoms with van der Waals surface area (Å²) >= 11 is 11.9. The van der Waals surface area contributed by atoms with E-state index in [4.69, 9.17) is 28.9 Å². The second kappa shape index (κ2) is 6.86. The van der Waals surface area contributed by atoms with Crippen molar-refractivity contribution in [3.63, 3.8) is 0 Å². The van der Waals surface area contributed by atoms with Crippen molar-refractivity contribution in [2.45, 2.75) is 20.3 Å². The van der Waals surface area contributed by atoms with Crippen LogP contribution in [-0.2, 0) is 4.79 Å². The van der Waals surface area contributed by atoms with Crippen molar-refractivity contribution >= 4 is 40.5 Å². The predicted molar refractivity (Wildman–Crippen MR) is 88.9 cm³/mol. The minimum absolute atomic E-state index is 0.104. The molecule has 1 aromatic carbocycles. The van der Waals surface area contributed by atoms with Gasteiger partial charge in [-0.3, -0.25) is 9.69 Å². The topological polar surface area (TPSA) is 58.4 Å². The first-order valence-electron chi connectivity index (χ1n) is 7.13. The molecule has 0 aromatic heterocycles. The number of carbonyl (C=O) groups is 1.